The summed E-state index contributed by atoms with van der Waals surface area (Å²) in [6.07, 6.45) is 1.79. The average Bonchev–Trinajstić information content (AvgIpc) is 2.39. The molecule has 0 heterocycles. The first-order valence-corrected chi connectivity index (χ1v) is 6.35. The van der Waals surface area contributed by atoms with Crippen LogP contribution in [0, 0.1) is 11.7 Å². The van der Waals surface area contributed by atoms with Crippen molar-refractivity contribution in [3.8, 4) is 5.75 Å². The maximum absolute atomic E-state index is 13.8. The molecule has 0 amide bonds. The zero-order valence-corrected chi connectivity index (χ0v) is 11.1. The predicted octanol–water partition coefficient (Wildman–Crippen LogP) is 2.33. The topological polar surface area (TPSA) is 41.5 Å². The molecule has 0 radical (unpaired) electrons. The van der Waals surface area contributed by atoms with Crippen molar-refractivity contribution in [2.24, 2.45) is 5.92 Å². The SMILES string of the molecule is CCC(CCO)CNCc1cccc(OC)c1F. The Kier molecular flexibility index (Phi) is 6.68. The van der Waals surface area contributed by atoms with Gasteiger partial charge in [-0.1, -0.05) is 25.5 Å². The number of ether oxygens (including phenoxy) is 1. The van der Waals surface area contributed by atoms with Gasteiger partial charge in [-0.15, -0.1) is 0 Å². The fraction of sp³-hybridized carbons (Fsp3) is 0.571. The van der Waals surface area contributed by atoms with Crippen molar-refractivity contribution in [1.82, 2.24) is 5.32 Å². The number of rotatable bonds is 8. The van der Waals surface area contributed by atoms with Gasteiger partial charge in [0.25, 0.3) is 0 Å². The Labute approximate surface area is 108 Å². The van der Waals surface area contributed by atoms with Crippen molar-refractivity contribution < 1.29 is 14.2 Å². The molecular formula is C14H22FNO2. The number of aliphatic hydroxyl groups is 1. The minimum absolute atomic E-state index is 0.202. The minimum Gasteiger partial charge on any atom is -0.494 e. The molecule has 4 heteroatoms. The van der Waals surface area contributed by atoms with E-state index in [2.05, 4.69) is 12.2 Å². The predicted molar refractivity (Wildman–Crippen MR) is 70.1 cm³/mol. The zero-order valence-electron chi connectivity index (χ0n) is 11.1. The summed E-state index contributed by atoms with van der Waals surface area (Å²) in [5.41, 5.74) is 0.605. The standard InChI is InChI=1S/C14H22FNO2/c1-3-11(7-8-17)9-16-10-12-5-4-6-13(18-2)14(12)15/h4-6,11,16-17H,3,7-10H2,1-2H3. The van der Waals surface area contributed by atoms with E-state index in [4.69, 9.17) is 9.84 Å². The molecule has 1 rings (SSSR count). The summed E-state index contributed by atoms with van der Waals surface area (Å²) in [7, 11) is 1.46. The van der Waals surface area contributed by atoms with Crippen LogP contribution in [0.2, 0.25) is 0 Å². The van der Waals surface area contributed by atoms with Gasteiger partial charge in [0.2, 0.25) is 0 Å². The van der Waals surface area contributed by atoms with E-state index in [1.807, 2.05) is 0 Å². The molecule has 0 spiro atoms. The Morgan fingerprint density at radius 1 is 1.44 bits per heavy atom. The largest absolute Gasteiger partial charge is 0.494 e. The first-order valence-electron chi connectivity index (χ1n) is 6.35. The van der Waals surface area contributed by atoms with Gasteiger partial charge >= 0.3 is 0 Å². The maximum atomic E-state index is 13.8. The lowest BCUT2D eigenvalue weighted by Gasteiger charge is -2.15. The molecule has 0 fully saturated rings. The smallest absolute Gasteiger partial charge is 0.169 e. The average molecular weight is 255 g/mol. The fourth-order valence-corrected chi connectivity index (χ4v) is 1.89. The highest BCUT2D eigenvalue weighted by Crippen LogP contribution is 2.19. The molecule has 1 unspecified atom stereocenters. The molecule has 18 heavy (non-hydrogen) atoms. The van der Waals surface area contributed by atoms with Crippen LogP contribution < -0.4 is 10.1 Å². The van der Waals surface area contributed by atoms with E-state index in [1.165, 1.54) is 7.11 Å². The summed E-state index contributed by atoms with van der Waals surface area (Å²) in [6.45, 7) is 3.56. The third-order valence-corrected chi connectivity index (χ3v) is 3.13. The summed E-state index contributed by atoms with van der Waals surface area (Å²) in [5, 5.41) is 12.1. The van der Waals surface area contributed by atoms with E-state index in [1.54, 1.807) is 18.2 Å². The molecule has 1 atom stereocenters. The molecule has 2 N–H and O–H groups in total. The van der Waals surface area contributed by atoms with Crippen LogP contribution in [0.3, 0.4) is 0 Å². The summed E-state index contributed by atoms with van der Waals surface area (Å²) in [4.78, 5) is 0. The maximum Gasteiger partial charge on any atom is 0.169 e. The highest BCUT2D eigenvalue weighted by atomic mass is 19.1. The van der Waals surface area contributed by atoms with Crippen molar-refractivity contribution in [2.75, 3.05) is 20.3 Å². The summed E-state index contributed by atoms with van der Waals surface area (Å²) in [6, 6.07) is 5.14. The van der Waals surface area contributed by atoms with Gasteiger partial charge in [-0.2, -0.15) is 0 Å². The van der Waals surface area contributed by atoms with Crippen LogP contribution in [0.4, 0.5) is 4.39 Å². The van der Waals surface area contributed by atoms with Crippen LogP contribution in [0.1, 0.15) is 25.3 Å². The number of methoxy groups -OCH3 is 1. The lowest BCUT2D eigenvalue weighted by molar-refractivity contribution is 0.251. The molecule has 0 aliphatic carbocycles. The Morgan fingerprint density at radius 2 is 2.22 bits per heavy atom. The van der Waals surface area contributed by atoms with Crippen molar-refractivity contribution in [1.29, 1.82) is 0 Å². The van der Waals surface area contributed by atoms with Gasteiger partial charge in [0.05, 0.1) is 7.11 Å². The summed E-state index contributed by atoms with van der Waals surface area (Å²) in [5.74, 6) is 0.406. The van der Waals surface area contributed by atoms with E-state index >= 15 is 0 Å². The van der Waals surface area contributed by atoms with Crippen LogP contribution in [-0.2, 0) is 6.54 Å². The first-order chi connectivity index (χ1) is 8.72. The molecule has 1 aromatic rings. The van der Waals surface area contributed by atoms with Crippen LogP contribution >= 0.6 is 0 Å². The van der Waals surface area contributed by atoms with Gasteiger partial charge in [-0.25, -0.2) is 4.39 Å². The number of benzene rings is 1. The molecule has 0 bridgehead atoms. The van der Waals surface area contributed by atoms with Gasteiger partial charge in [-0.05, 0) is 24.9 Å². The normalized spacial score (nSPS) is 12.4. The minimum atomic E-state index is -0.303. The Balaban J connectivity index is 2.48. The Morgan fingerprint density at radius 3 is 2.83 bits per heavy atom. The van der Waals surface area contributed by atoms with Gasteiger partial charge in [0, 0.05) is 18.7 Å². The van der Waals surface area contributed by atoms with Crippen molar-refractivity contribution >= 4 is 0 Å². The highest BCUT2D eigenvalue weighted by molar-refractivity contribution is 5.30. The number of halogens is 1. The quantitative estimate of drug-likeness (QED) is 0.749. The van der Waals surface area contributed by atoms with E-state index in [9.17, 15) is 4.39 Å². The third kappa shape index (κ3) is 4.27. The van der Waals surface area contributed by atoms with Crippen molar-refractivity contribution in [3.63, 3.8) is 0 Å². The molecule has 0 saturated heterocycles. The van der Waals surface area contributed by atoms with Gasteiger partial charge in [0.1, 0.15) is 0 Å². The van der Waals surface area contributed by atoms with Crippen LogP contribution in [0.15, 0.2) is 18.2 Å². The van der Waals surface area contributed by atoms with Gasteiger partial charge in [-0.3, -0.25) is 0 Å². The summed E-state index contributed by atoms with van der Waals surface area (Å²) >= 11 is 0. The molecular weight excluding hydrogens is 233 g/mol. The second-order valence-corrected chi connectivity index (χ2v) is 4.35. The van der Waals surface area contributed by atoms with E-state index in [0.717, 1.165) is 19.4 Å². The van der Waals surface area contributed by atoms with Crippen molar-refractivity contribution in [3.05, 3.63) is 29.6 Å². The molecule has 1 aromatic carbocycles. The van der Waals surface area contributed by atoms with E-state index in [0.29, 0.717) is 18.0 Å². The second kappa shape index (κ2) is 8.06. The summed E-state index contributed by atoms with van der Waals surface area (Å²) < 4.78 is 18.8. The van der Waals surface area contributed by atoms with Gasteiger partial charge in [0.15, 0.2) is 11.6 Å². The van der Waals surface area contributed by atoms with Crippen LogP contribution in [0.5, 0.6) is 5.75 Å². The fourth-order valence-electron chi connectivity index (χ4n) is 1.89. The van der Waals surface area contributed by atoms with Crippen LogP contribution in [0.25, 0.3) is 0 Å². The highest BCUT2D eigenvalue weighted by Gasteiger charge is 2.09. The molecule has 0 aliphatic heterocycles. The van der Waals surface area contributed by atoms with E-state index in [-0.39, 0.29) is 18.2 Å². The number of hydrogen-bond donors (Lipinski definition) is 2. The first kappa shape index (κ1) is 14.9. The number of hydrogen-bond acceptors (Lipinski definition) is 3. The molecule has 0 aromatic heterocycles. The number of aliphatic hydroxyl groups excluding tert-OH is 1. The Hall–Kier alpha value is -1.13. The molecule has 3 nitrogen and oxygen atoms in total. The molecule has 102 valence electrons. The zero-order chi connectivity index (χ0) is 13.4. The second-order valence-electron chi connectivity index (χ2n) is 4.35. The third-order valence-electron chi connectivity index (χ3n) is 3.13. The van der Waals surface area contributed by atoms with E-state index < -0.39 is 0 Å². The van der Waals surface area contributed by atoms with Crippen molar-refractivity contribution in [2.45, 2.75) is 26.3 Å². The van der Waals surface area contributed by atoms with Gasteiger partial charge < -0.3 is 15.2 Å². The number of nitrogens with one attached hydrogen (secondary N) is 1. The molecule has 0 aliphatic rings. The van der Waals surface area contributed by atoms with Crippen LogP contribution in [-0.4, -0.2) is 25.4 Å². The lowest BCUT2D eigenvalue weighted by atomic mass is 10.0. The monoisotopic (exact) mass is 255 g/mol. The molecule has 0 saturated carbocycles. The lowest BCUT2D eigenvalue weighted by Crippen LogP contribution is -2.23. The Bertz CT molecular complexity index is 358.